The summed E-state index contributed by atoms with van der Waals surface area (Å²) in [7, 11) is 0. The number of nitrogens with zero attached hydrogens (tertiary/aromatic N) is 2. The third-order valence-corrected chi connectivity index (χ3v) is 5.10. The van der Waals surface area contributed by atoms with E-state index < -0.39 is 0 Å². The van der Waals surface area contributed by atoms with Crippen LogP contribution >= 0.6 is 39.7 Å². The molecule has 2 aromatic rings. The number of rotatable bonds is 2. The molecular weight excluding hydrogens is 413 g/mol. The first-order valence-electron chi connectivity index (χ1n) is 7.54. The van der Waals surface area contributed by atoms with E-state index in [9.17, 15) is 4.39 Å². The first-order valence-corrected chi connectivity index (χ1v) is 9.12. The van der Waals surface area contributed by atoms with Crippen LogP contribution in [-0.4, -0.2) is 36.2 Å². The van der Waals surface area contributed by atoms with Crippen molar-refractivity contribution in [3.8, 4) is 0 Å². The number of nitrogens with one attached hydrogen (secondary N) is 1. The van der Waals surface area contributed by atoms with Crippen LogP contribution in [0.2, 0.25) is 5.02 Å². The summed E-state index contributed by atoms with van der Waals surface area (Å²) in [6, 6.07) is 12.2. The van der Waals surface area contributed by atoms with Crippen molar-refractivity contribution in [1.29, 1.82) is 0 Å². The molecule has 0 bridgehead atoms. The summed E-state index contributed by atoms with van der Waals surface area (Å²) in [6.45, 7) is 3.28. The summed E-state index contributed by atoms with van der Waals surface area (Å²) in [6.07, 6.45) is 0. The molecule has 2 aromatic carbocycles. The fraction of sp³-hybridized carbons (Fsp3) is 0.235. The Hall–Kier alpha value is -1.37. The molecule has 0 radical (unpaired) electrons. The molecule has 0 saturated carbocycles. The Balaban J connectivity index is 1.58. The summed E-state index contributed by atoms with van der Waals surface area (Å²) in [5.74, 6) is -0.214. The van der Waals surface area contributed by atoms with Crippen molar-refractivity contribution in [2.24, 2.45) is 0 Å². The van der Waals surface area contributed by atoms with Gasteiger partial charge in [0.2, 0.25) is 0 Å². The molecule has 1 N–H and O–H groups in total. The summed E-state index contributed by atoms with van der Waals surface area (Å²) in [4.78, 5) is 4.35. The van der Waals surface area contributed by atoms with E-state index in [1.807, 2.05) is 30.3 Å². The molecule has 1 saturated heterocycles. The Bertz CT molecular complexity index is 733. The molecule has 0 aliphatic carbocycles. The van der Waals surface area contributed by atoms with Crippen molar-refractivity contribution in [1.82, 2.24) is 4.90 Å². The van der Waals surface area contributed by atoms with Gasteiger partial charge >= 0.3 is 0 Å². The van der Waals surface area contributed by atoms with E-state index >= 15 is 0 Å². The van der Waals surface area contributed by atoms with Crippen molar-refractivity contribution in [2.45, 2.75) is 0 Å². The molecule has 0 atom stereocenters. The fourth-order valence-corrected chi connectivity index (χ4v) is 3.62. The first kappa shape index (κ1) is 17.5. The predicted molar refractivity (Wildman–Crippen MR) is 106 cm³/mol. The SMILES string of the molecule is Fc1ccc(N2CCN(C(=S)Nc3ccc(Br)cc3Cl)CC2)cc1. The molecule has 3 rings (SSSR count). The smallest absolute Gasteiger partial charge is 0.173 e. The molecule has 7 heteroatoms. The van der Waals surface area contributed by atoms with Gasteiger partial charge in [-0.25, -0.2) is 4.39 Å². The van der Waals surface area contributed by atoms with Crippen LogP contribution in [0.4, 0.5) is 15.8 Å². The van der Waals surface area contributed by atoms with Gasteiger partial charge in [0.15, 0.2) is 5.11 Å². The summed E-state index contributed by atoms with van der Waals surface area (Å²) >= 11 is 15.1. The van der Waals surface area contributed by atoms with Crippen LogP contribution in [0.5, 0.6) is 0 Å². The Morgan fingerprint density at radius 1 is 1.08 bits per heavy atom. The molecule has 1 aliphatic rings. The van der Waals surface area contributed by atoms with Crippen LogP contribution in [0, 0.1) is 5.82 Å². The fourth-order valence-electron chi connectivity index (χ4n) is 2.60. The van der Waals surface area contributed by atoms with Crippen LogP contribution in [-0.2, 0) is 0 Å². The molecule has 1 fully saturated rings. The number of benzene rings is 2. The van der Waals surface area contributed by atoms with E-state index in [4.69, 9.17) is 23.8 Å². The van der Waals surface area contributed by atoms with Crippen molar-refractivity contribution in [2.75, 3.05) is 36.4 Å². The molecule has 1 aliphatic heterocycles. The second kappa shape index (κ2) is 7.68. The maximum Gasteiger partial charge on any atom is 0.173 e. The number of hydrogen-bond donors (Lipinski definition) is 1. The second-order valence-electron chi connectivity index (χ2n) is 5.50. The van der Waals surface area contributed by atoms with Gasteiger partial charge in [0.1, 0.15) is 5.82 Å². The van der Waals surface area contributed by atoms with Crippen LogP contribution in [0.3, 0.4) is 0 Å². The molecule has 126 valence electrons. The maximum absolute atomic E-state index is 13.0. The van der Waals surface area contributed by atoms with Crippen LogP contribution in [0.25, 0.3) is 0 Å². The Labute approximate surface area is 159 Å². The van der Waals surface area contributed by atoms with Gasteiger partial charge in [-0.2, -0.15) is 0 Å². The zero-order valence-corrected chi connectivity index (χ0v) is 16.0. The molecule has 0 amide bonds. The topological polar surface area (TPSA) is 18.5 Å². The number of hydrogen-bond acceptors (Lipinski definition) is 2. The van der Waals surface area contributed by atoms with Gasteiger partial charge < -0.3 is 15.1 Å². The van der Waals surface area contributed by atoms with E-state index in [0.29, 0.717) is 10.1 Å². The molecule has 3 nitrogen and oxygen atoms in total. The molecule has 24 heavy (non-hydrogen) atoms. The number of anilines is 2. The van der Waals surface area contributed by atoms with Gasteiger partial charge in [-0.3, -0.25) is 0 Å². The minimum absolute atomic E-state index is 0.214. The van der Waals surface area contributed by atoms with Gasteiger partial charge in [0.05, 0.1) is 10.7 Å². The van der Waals surface area contributed by atoms with Gasteiger partial charge in [0, 0.05) is 36.3 Å². The number of halogens is 3. The molecule has 0 spiro atoms. The van der Waals surface area contributed by atoms with Gasteiger partial charge in [0.25, 0.3) is 0 Å². The van der Waals surface area contributed by atoms with Crippen molar-refractivity contribution >= 4 is 56.2 Å². The minimum atomic E-state index is -0.214. The lowest BCUT2D eigenvalue weighted by atomic mass is 10.2. The highest BCUT2D eigenvalue weighted by atomic mass is 79.9. The van der Waals surface area contributed by atoms with Crippen LogP contribution in [0.15, 0.2) is 46.9 Å². The molecule has 0 unspecified atom stereocenters. The van der Waals surface area contributed by atoms with E-state index in [-0.39, 0.29) is 5.82 Å². The Kier molecular flexibility index (Phi) is 5.58. The quantitative estimate of drug-likeness (QED) is 0.695. The Morgan fingerprint density at radius 3 is 2.38 bits per heavy atom. The highest BCUT2D eigenvalue weighted by Crippen LogP contribution is 2.26. The average molecular weight is 429 g/mol. The van der Waals surface area contributed by atoms with Crippen molar-refractivity contribution < 1.29 is 4.39 Å². The predicted octanol–water partition coefficient (Wildman–Crippen LogP) is 4.76. The molecular formula is C17H16BrClFN3S. The van der Waals surface area contributed by atoms with Crippen LogP contribution in [0.1, 0.15) is 0 Å². The summed E-state index contributed by atoms with van der Waals surface area (Å²) in [5, 5.41) is 4.49. The van der Waals surface area contributed by atoms with E-state index in [1.54, 1.807) is 0 Å². The first-order chi connectivity index (χ1) is 11.5. The zero-order chi connectivity index (χ0) is 17.1. The third-order valence-electron chi connectivity index (χ3n) is 3.93. The van der Waals surface area contributed by atoms with E-state index in [0.717, 1.165) is 42.0 Å². The number of piperazine rings is 1. The van der Waals surface area contributed by atoms with Crippen molar-refractivity contribution in [3.05, 3.63) is 57.8 Å². The van der Waals surface area contributed by atoms with E-state index in [1.165, 1.54) is 12.1 Å². The summed E-state index contributed by atoms with van der Waals surface area (Å²) < 4.78 is 13.9. The van der Waals surface area contributed by atoms with Crippen LogP contribution < -0.4 is 10.2 Å². The maximum atomic E-state index is 13.0. The summed E-state index contributed by atoms with van der Waals surface area (Å²) in [5.41, 5.74) is 1.83. The normalized spacial score (nSPS) is 14.6. The lowest BCUT2D eigenvalue weighted by Gasteiger charge is -2.37. The largest absolute Gasteiger partial charge is 0.368 e. The molecule has 0 aromatic heterocycles. The van der Waals surface area contributed by atoms with E-state index in [2.05, 4.69) is 31.0 Å². The highest BCUT2D eigenvalue weighted by molar-refractivity contribution is 9.10. The monoisotopic (exact) mass is 427 g/mol. The highest BCUT2D eigenvalue weighted by Gasteiger charge is 2.19. The minimum Gasteiger partial charge on any atom is -0.368 e. The average Bonchev–Trinajstić information content (AvgIpc) is 2.58. The second-order valence-corrected chi connectivity index (χ2v) is 7.21. The Morgan fingerprint density at radius 2 is 1.75 bits per heavy atom. The van der Waals surface area contributed by atoms with Gasteiger partial charge in [-0.15, -0.1) is 0 Å². The van der Waals surface area contributed by atoms with Crippen molar-refractivity contribution in [3.63, 3.8) is 0 Å². The lowest BCUT2D eigenvalue weighted by molar-refractivity contribution is 0.391. The third kappa shape index (κ3) is 4.18. The molecule has 1 heterocycles. The van der Waals surface area contributed by atoms with Gasteiger partial charge in [-0.1, -0.05) is 27.5 Å². The zero-order valence-electron chi connectivity index (χ0n) is 12.8. The number of thiocarbonyl (C=S) groups is 1. The lowest BCUT2D eigenvalue weighted by Crippen LogP contribution is -2.50. The standard InChI is InChI=1S/C17H16BrClFN3S/c18-12-1-6-16(15(19)11-12)21-17(24)23-9-7-22(8-10-23)14-4-2-13(20)3-5-14/h1-6,11H,7-10H2,(H,21,24). The van der Waals surface area contributed by atoms with Gasteiger partial charge in [-0.05, 0) is 54.7 Å².